The Morgan fingerprint density at radius 3 is 2.62 bits per heavy atom. The number of ether oxygens (including phenoxy) is 2. The molecule has 0 fully saturated rings. The zero-order valence-electron chi connectivity index (χ0n) is 13.8. The van der Waals surface area contributed by atoms with Gasteiger partial charge < -0.3 is 14.6 Å². The predicted molar refractivity (Wildman–Crippen MR) is 88.7 cm³/mol. The van der Waals surface area contributed by atoms with Gasteiger partial charge in [-0.2, -0.15) is 0 Å². The van der Waals surface area contributed by atoms with Crippen molar-refractivity contribution < 1.29 is 14.6 Å². The van der Waals surface area contributed by atoms with E-state index in [9.17, 15) is 14.7 Å². The average molecular weight is 334 g/mol. The van der Waals surface area contributed by atoms with Crippen molar-refractivity contribution in [3.05, 3.63) is 68.5 Å². The Morgan fingerprint density at radius 1 is 1.25 bits per heavy atom. The predicted octanol–water partition coefficient (Wildman–Crippen LogP) is 0.785. The fourth-order valence-corrected chi connectivity index (χ4v) is 2.08. The maximum Gasteiger partial charge on any atom is 0.330 e. The molecule has 0 radical (unpaired) electrons. The first-order valence-electron chi connectivity index (χ1n) is 7.69. The average Bonchev–Trinajstić information content (AvgIpc) is 2.55. The maximum atomic E-state index is 11.7. The van der Waals surface area contributed by atoms with Crippen LogP contribution >= 0.6 is 0 Å². The van der Waals surface area contributed by atoms with Crippen LogP contribution in [-0.2, 0) is 22.8 Å². The van der Waals surface area contributed by atoms with Crippen LogP contribution in [-0.4, -0.2) is 33.5 Å². The van der Waals surface area contributed by atoms with Gasteiger partial charge in [0.05, 0.1) is 19.3 Å². The zero-order valence-corrected chi connectivity index (χ0v) is 13.8. The molecular weight excluding hydrogens is 312 g/mol. The highest BCUT2D eigenvalue weighted by molar-refractivity contribution is 5.13. The first-order valence-corrected chi connectivity index (χ1v) is 7.69. The molecule has 0 aliphatic rings. The molecule has 2 N–H and O–H groups in total. The fourth-order valence-electron chi connectivity index (χ4n) is 2.08. The summed E-state index contributed by atoms with van der Waals surface area (Å²) in [5.74, 6) is 0. The lowest BCUT2D eigenvalue weighted by molar-refractivity contribution is -0.0990. The van der Waals surface area contributed by atoms with Crippen molar-refractivity contribution in [3.8, 4) is 0 Å². The lowest BCUT2D eigenvalue weighted by atomic mass is 10.2. The largest absolute Gasteiger partial charge is 0.391 e. The maximum absolute atomic E-state index is 11.7. The summed E-state index contributed by atoms with van der Waals surface area (Å²) in [5, 5.41) is 9.81. The summed E-state index contributed by atoms with van der Waals surface area (Å²) >= 11 is 0. The van der Waals surface area contributed by atoms with Gasteiger partial charge in [-0.3, -0.25) is 14.3 Å². The quantitative estimate of drug-likeness (QED) is 0.744. The number of H-pyrrole nitrogens is 1. The molecule has 7 heteroatoms. The summed E-state index contributed by atoms with van der Waals surface area (Å²) in [4.78, 5) is 25.3. The SMILES string of the molecule is Cc1cn(CO[C@H](COCc2ccccc2)[C@H](C)O)c(=O)[nH]c1=O. The molecular formula is C17H22N2O5. The standard InChI is InChI=1S/C17H22N2O5/c1-12-8-19(17(22)18-16(12)21)11-24-15(13(2)20)10-23-9-14-6-4-3-5-7-14/h3-8,13,15,20H,9-11H2,1-2H3,(H,18,21,22)/t13-,15+/m0/s1. The topological polar surface area (TPSA) is 93.6 Å². The number of hydrogen-bond acceptors (Lipinski definition) is 5. The van der Waals surface area contributed by atoms with Crippen molar-refractivity contribution in [2.24, 2.45) is 0 Å². The highest BCUT2D eigenvalue weighted by Crippen LogP contribution is 2.05. The molecule has 0 saturated heterocycles. The third-order valence-corrected chi connectivity index (χ3v) is 3.55. The number of rotatable bonds is 8. The minimum atomic E-state index is -0.764. The number of aromatic amines is 1. The molecule has 1 aromatic heterocycles. The highest BCUT2D eigenvalue weighted by atomic mass is 16.5. The van der Waals surface area contributed by atoms with Crippen LogP contribution in [0.4, 0.5) is 0 Å². The molecule has 2 atom stereocenters. The van der Waals surface area contributed by atoms with E-state index < -0.39 is 23.5 Å². The zero-order chi connectivity index (χ0) is 17.5. The Hall–Kier alpha value is -2.22. The van der Waals surface area contributed by atoms with E-state index in [0.717, 1.165) is 5.56 Å². The second-order valence-corrected chi connectivity index (χ2v) is 5.62. The van der Waals surface area contributed by atoms with Crippen molar-refractivity contribution in [3.63, 3.8) is 0 Å². The van der Waals surface area contributed by atoms with Gasteiger partial charge in [-0.25, -0.2) is 4.79 Å². The van der Waals surface area contributed by atoms with Crippen LogP contribution in [0.25, 0.3) is 0 Å². The Balaban J connectivity index is 1.91. The van der Waals surface area contributed by atoms with Crippen molar-refractivity contribution in [1.29, 1.82) is 0 Å². The molecule has 0 aliphatic heterocycles. The summed E-state index contributed by atoms with van der Waals surface area (Å²) in [6, 6.07) is 9.66. The molecule has 0 saturated carbocycles. The van der Waals surface area contributed by atoms with Crippen molar-refractivity contribution >= 4 is 0 Å². The van der Waals surface area contributed by atoms with Crippen LogP contribution in [0.1, 0.15) is 18.1 Å². The van der Waals surface area contributed by atoms with E-state index >= 15 is 0 Å². The fraction of sp³-hybridized carbons (Fsp3) is 0.412. The van der Waals surface area contributed by atoms with Gasteiger partial charge in [-0.1, -0.05) is 30.3 Å². The van der Waals surface area contributed by atoms with E-state index in [-0.39, 0.29) is 13.3 Å². The van der Waals surface area contributed by atoms with E-state index in [1.165, 1.54) is 10.8 Å². The Labute approximate surface area is 139 Å². The van der Waals surface area contributed by atoms with Crippen LogP contribution in [0.3, 0.4) is 0 Å². The van der Waals surface area contributed by atoms with Crippen LogP contribution in [0, 0.1) is 6.92 Å². The number of nitrogens with one attached hydrogen (secondary N) is 1. The Bertz CT molecular complexity index is 752. The molecule has 0 bridgehead atoms. The van der Waals surface area contributed by atoms with E-state index in [1.54, 1.807) is 13.8 Å². The number of benzene rings is 1. The molecule has 2 rings (SSSR count). The number of aliphatic hydroxyl groups excluding tert-OH is 1. The van der Waals surface area contributed by atoms with E-state index in [2.05, 4.69) is 4.98 Å². The molecule has 1 heterocycles. The minimum Gasteiger partial charge on any atom is -0.391 e. The molecule has 7 nitrogen and oxygen atoms in total. The third kappa shape index (κ3) is 5.16. The van der Waals surface area contributed by atoms with Crippen LogP contribution < -0.4 is 11.2 Å². The second-order valence-electron chi connectivity index (χ2n) is 5.62. The Morgan fingerprint density at radius 2 is 1.96 bits per heavy atom. The van der Waals surface area contributed by atoms with Crippen molar-refractivity contribution in [2.45, 2.75) is 39.4 Å². The van der Waals surface area contributed by atoms with Crippen LogP contribution in [0.2, 0.25) is 0 Å². The second kappa shape index (κ2) is 8.58. The number of nitrogens with zero attached hydrogens (tertiary/aromatic N) is 1. The molecule has 24 heavy (non-hydrogen) atoms. The summed E-state index contributed by atoms with van der Waals surface area (Å²) in [6.07, 6.45) is 0.0682. The number of hydrogen-bond donors (Lipinski definition) is 2. The third-order valence-electron chi connectivity index (χ3n) is 3.55. The summed E-state index contributed by atoms with van der Waals surface area (Å²) < 4.78 is 12.4. The molecule has 0 unspecified atom stereocenters. The van der Waals surface area contributed by atoms with E-state index in [4.69, 9.17) is 9.47 Å². The minimum absolute atomic E-state index is 0.0826. The Kier molecular flexibility index (Phi) is 6.48. The van der Waals surface area contributed by atoms with E-state index in [1.807, 2.05) is 30.3 Å². The van der Waals surface area contributed by atoms with Crippen molar-refractivity contribution in [2.75, 3.05) is 6.61 Å². The number of aromatic nitrogens is 2. The van der Waals surface area contributed by atoms with Gasteiger partial charge in [0.25, 0.3) is 5.56 Å². The summed E-state index contributed by atoms with van der Waals surface area (Å²) in [6.45, 7) is 3.71. The lowest BCUT2D eigenvalue weighted by Crippen LogP contribution is -2.36. The first-order chi connectivity index (χ1) is 11.5. The number of aliphatic hydroxyl groups is 1. The summed E-state index contributed by atoms with van der Waals surface area (Å²) in [7, 11) is 0. The van der Waals surface area contributed by atoms with Gasteiger partial charge in [-0.15, -0.1) is 0 Å². The van der Waals surface area contributed by atoms with Crippen LogP contribution in [0.5, 0.6) is 0 Å². The molecule has 0 aliphatic carbocycles. The number of aryl methyl sites for hydroxylation is 1. The molecule has 130 valence electrons. The van der Waals surface area contributed by atoms with Crippen LogP contribution in [0.15, 0.2) is 46.1 Å². The molecule has 0 amide bonds. The molecule has 0 spiro atoms. The van der Waals surface area contributed by atoms with Gasteiger partial charge in [0.2, 0.25) is 0 Å². The van der Waals surface area contributed by atoms with Gasteiger partial charge >= 0.3 is 5.69 Å². The van der Waals surface area contributed by atoms with Gasteiger partial charge in [0, 0.05) is 11.8 Å². The summed E-state index contributed by atoms with van der Waals surface area (Å²) in [5.41, 5.74) is 0.455. The first kappa shape index (κ1) is 18.1. The van der Waals surface area contributed by atoms with Gasteiger partial charge in [-0.05, 0) is 19.4 Å². The molecule has 2 aromatic rings. The normalized spacial score (nSPS) is 13.6. The lowest BCUT2D eigenvalue weighted by Gasteiger charge is -2.21. The van der Waals surface area contributed by atoms with Gasteiger partial charge in [0.1, 0.15) is 12.8 Å². The van der Waals surface area contributed by atoms with Gasteiger partial charge in [0.15, 0.2) is 0 Å². The highest BCUT2D eigenvalue weighted by Gasteiger charge is 2.16. The van der Waals surface area contributed by atoms with Crippen molar-refractivity contribution in [1.82, 2.24) is 9.55 Å². The monoisotopic (exact) mass is 334 g/mol. The van der Waals surface area contributed by atoms with E-state index in [0.29, 0.717) is 12.2 Å². The smallest absolute Gasteiger partial charge is 0.330 e. The molecule has 1 aromatic carbocycles.